The Hall–Kier alpha value is -1.35. The molecule has 0 aliphatic carbocycles. The summed E-state index contributed by atoms with van der Waals surface area (Å²) in [5.41, 5.74) is 0.719. The molecule has 1 fully saturated rings. The summed E-state index contributed by atoms with van der Waals surface area (Å²) in [4.78, 5) is 14.7. The van der Waals surface area contributed by atoms with Crippen molar-refractivity contribution in [3.05, 3.63) is 53.0 Å². The van der Waals surface area contributed by atoms with Crippen molar-refractivity contribution in [3.8, 4) is 0 Å². The van der Waals surface area contributed by atoms with Crippen LogP contribution in [0.15, 0.2) is 62.8 Å². The Kier molecular flexibility index (Phi) is 6.62. The number of piperidine rings is 1. The first-order valence-corrected chi connectivity index (χ1v) is 12.1. The molecule has 1 amide bonds. The second kappa shape index (κ2) is 8.77. The average Bonchev–Trinajstić information content (AvgIpc) is 2.64. The van der Waals surface area contributed by atoms with Gasteiger partial charge in [-0.3, -0.25) is 4.79 Å². The molecule has 2 aromatic rings. The molecule has 1 N–H and O–H groups in total. The van der Waals surface area contributed by atoms with Crippen molar-refractivity contribution < 1.29 is 13.2 Å². The number of hydrogen-bond donors (Lipinski definition) is 1. The molecule has 144 valence electrons. The summed E-state index contributed by atoms with van der Waals surface area (Å²) in [5.74, 6) is -0.443. The highest BCUT2D eigenvalue weighted by Gasteiger charge is 2.30. The minimum absolute atomic E-state index is 0.128. The molecule has 1 aliphatic rings. The number of nitrogens with one attached hydrogen (secondary N) is 1. The Bertz CT molecular complexity index is 900. The zero-order valence-corrected chi connectivity index (χ0v) is 18.1. The summed E-state index contributed by atoms with van der Waals surface area (Å²) in [7, 11) is -3.26. The number of halogens is 1. The molecule has 0 spiro atoms. The van der Waals surface area contributed by atoms with E-state index in [1.54, 1.807) is 11.8 Å². The van der Waals surface area contributed by atoms with E-state index in [0.717, 1.165) is 20.0 Å². The third-order valence-electron chi connectivity index (χ3n) is 4.40. The van der Waals surface area contributed by atoms with Gasteiger partial charge in [0.2, 0.25) is 15.9 Å². The van der Waals surface area contributed by atoms with Crippen molar-refractivity contribution in [2.45, 2.75) is 22.6 Å². The third kappa shape index (κ3) is 5.81. The molecule has 8 heteroatoms. The summed E-state index contributed by atoms with van der Waals surface area (Å²) >= 11 is 5.07. The van der Waals surface area contributed by atoms with Gasteiger partial charge >= 0.3 is 0 Å². The summed E-state index contributed by atoms with van der Waals surface area (Å²) in [6.07, 6.45) is 2.60. The van der Waals surface area contributed by atoms with Crippen LogP contribution in [0.25, 0.3) is 0 Å². The Morgan fingerprint density at radius 2 is 1.70 bits per heavy atom. The van der Waals surface area contributed by atoms with Crippen molar-refractivity contribution in [2.24, 2.45) is 5.92 Å². The number of sulfonamides is 1. The summed E-state index contributed by atoms with van der Waals surface area (Å²) in [6.45, 7) is 0.743. The normalized spacial score (nSPS) is 18.2. The van der Waals surface area contributed by atoms with E-state index in [2.05, 4.69) is 21.2 Å². The standard InChI is InChI=1S/C19H21BrN2O3S2/c1-27(24,25)22-12-2-3-14(13-22)19(23)21-16-6-10-18(11-7-16)26-17-8-4-15(20)5-9-17/h4-11,14H,2-3,12-13H2,1H3,(H,21,23). The molecule has 1 saturated heterocycles. The molecule has 2 aromatic carbocycles. The largest absolute Gasteiger partial charge is 0.326 e. The lowest BCUT2D eigenvalue weighted by atomic mass is 9.99. The molecule has 1 aliphatic heterocycles. The van der Waals surface area contributed by atoms with Gasteiger partial charge in [0.1, 0.15) is 0 Å². The second-order valence-electron chi connectivity index (χ2n) is 6.53. The van der Waals surface area contributed by atoms with Crippen LogP contribution in [0.2, 0.25) is 0 Å². The van der Waals surface area contributed by atoms with Crippen molar-refractivity contribution in [1.29, 1.82) is 0 Å². The molecule has 0 aromatic heterocycles. The maximum Gasteiger partial charge on any atom is 0.228 e. The van der Waals surface area contributed by atoms with E-state index in [1.807, 2.05) is 48.5 Å². The van der Waals surface area contributed by atoms with E-state index in [9.17, 15) is 13.2 Å². The van der Waals surface area contributed by atoms with Gasteiger partial charge in [-0.1, -0.05) is 27.7 Å². The van der Waals surface area contributed by atoms with Gasteiger partial charge in [-0.15, -0.1) is 0 Å². The smallest absolute Gasteiger partial charge is 0.228 e. The Labute approximate surface area is 172 Å². The van der Waals surface area contributed by atoms with Crippen molar-refractivity contribution in [3.63, 3.8) is 0 Å². The zero-order chi connectivity index (χ0) is 19.4. The highest BCUT2D eigenvalue weighted by Crippen LogP contribution is 2.29. The fraction of sp³-hybridized carbons (Fsp3) is 0.316. The minimum Gasteiger partial charge on any atom is -0.326 e. The number of hydrogen-bond acceptors (Lipinski definition) is 4. The topological polar surface area (TPSA) is 66.5 Å². The zero-order valence-electron chi connectivity index (χ0n) is 14.9. The van der Waals surface area contributed by atoms with Gasteiger partial charge < -0.3 is 5.32 Å². The molecule has 5 nitrogen and oxygen atoms in total. The van der Waals surface area contributed by atoms with E-state index in [4.69, 9.17) is 0 Å². The first-order valence-electron chi connectivity index (χ1n) is 8.61. The summed E-state index contributed by atoms with van der Waals surface area (Å²) < 4.78 is 25.8. The second-order valence-corrected chi connectivity index (χ2v) is 10.6. The number of amides is 1. The van der Waals surface area contributed by atoms with Crippen LogP contribution in [0.5, 0.6) is 0 Å². The highest BCUT2D eigenvalue weighted by atomic mass is 79.9. The van der Waals surface area contributed by atoms with E-state index in [0.29, 0.717) is 19.4 Å². The first-order chi connectivity index (χ1) is 12.8. The maximum atomic E-state index is 12.5. The van der Waals surface area contributed by atoms with E-state index in [-0.39, 0.29) is 18.4 Å². The predicted octanol–water partition coefficient (Wildman–Crippen LogP) is 4.21. The Balaban J connectivity index is 1.59. The quantitative estimate of drug-likeness (QED) is 0.713. The van der Waals surface area contributed by atoms with E-state index < -0.39 is 10.0 Å². The number of carbonyl (C=O) groups excluding carboxylic acids is 1. The summed E-state index contributed by atoms with van der Waals surface area (Å²) in [5, 5.41) is 2.91. The lowest BCUT2D eigenvalue weighted by Gasteiger charge is -2.30. The van der Waals surface area contributed by atoms with Crippen LogP contribution in [0, 0.1) is 5.92 Å². The van der Waals surface area contributed by atoms with Gasteiger partial charge in [0, 0.05) is 33.0 Å². The van der Waals surface area contributed by atoms with Crippen LogP contribution >= 0.6 is 27.7 Å². The molecule has 1 atom stereocenters. The van der Waals surface area contributed by atoms with Gasteiger partial charge in [0.15, 0.2) is 0 Å². The lowest BCUT2D eigenvalue weighted by Crippen LogP contribution is -2.43. The fourth-order valence-corrected chi connectivity index (χ4v) is 4.94. The fourth-order valence-electron chi connectivity index (χ4n) is 2.95. The van der Waals surface area contributed by atoms with Crippen molar-refractivity contribution >= 4 is 49.3 Å². The molecule has 0 radical (unpaired) electrons. The monoisotopic (exact) mass is 468 g/mol. The predicted molar refractivity (Wildman–Crippen MR) is 112 cm³/mol. The van der Waals surface area contributed by atoms with Gasteiger partial charge in [-0.2, -0.15) is 0 Å². The van der Waals surface area contributed by atoms with Crippen LogP contribution in [0.1, 0.15) is 12.8 Å². The number of carbonyl (C=O) groups is 1. The van der Waals surface area contributed by atoms with E-state index >= 15 is 0 Å². The molecular weight excluding hydrogens is 448 g/mol. The Morgan fingerprint density at radius 3 is 2.30 bits per heavy atom. The molecule has 0 saturated carbocycles. The third-order valence-corrected chi connectivity index (χ3v) is 7.21. The van der Waals surface area contributed by atoms with Crippen LogP contribution in [-0.4, -0.2) is 38.0 Å². The minimum atomic E-state index is -3.26. The SMILES string of the molecule is CS(=O)(=O)N1CCCC(C(=O)Nc2ccc(Sc3ccc(Br)cc3)cc2)C1. The number of nitrogens with zero attached hydrogens (tertiary/aromatic N) is 1. The lowest BCUT2D eigenvalue weighted by molar-refractivity contribution is -0.120. The first kappa shape index (κ1) is 20.4. The van der Waals surface area contributed by atoms with Crippen LogP contribution in [0.4, 0.5) is 5.69 Å². The van der Waals surface area contributed by atoms with Gasteiger partial charge in [-0.25, -0.2) is 12.7 Å². The van der Waals surface area contributed by atoms with Crippen molar-refractivity contribution in [2.75, 3.05) is 24.7 Å². The summed E-state index contributed by atoms with van der Waals surface area (Å²) in [6, 6.07) is 15.8. The van der Waals surface area contributed by atoms with Gasteiger partial charge in [0.05, 0.1) is 12.2 Å². The molecule has 27 heavy (non-hydrogen) atoms. The van der Waals surface area contributed by atoms with Crippen LogP contribution in [0.3, 0.4) is 0 Å². The highest BCUT2D eigenvalue weighted by molar-refractivity contribution is 9.10. The van der Waals surface area contributed by atoms with Gasteiger partial charge in [0.25, 0.3) is 0 Å². The molecule has 0 bridgehead atoms. The van der Waals surface area contributed by atoms with Crippen LogP contribution in [-0.2, 0) is 14.8 Å². The average molecular weight is 469 g/mol. The molecule has 1 heterocycles. The molecular formula is C19H21BrN2O3S2. The Morgan fingerprint density at radius 1 is 1.11 bits per heavy atom. The van der Waals surface area contributed by atoms with Crippen molar-refractivity contribution in [1.82, 2.24) is 4.31 Å². The number of rotatable bonds is 5. The van der Waals surface area contributed by atoms with Crippen LogP contribution < -0.4 is 5.32 Å². The van der Waals surface area contributed by atoms with E-state index in [1.165, 1.54) is 10.6 Å². The molecule has 1 unspecified atom stereocenters. The number of anilines is 1. The molecule has 3 rings (SSSR count). The van der Waals surface area contributed by atoms with Gasteiger partial charge in [-0.05, 0) is 61.4 Å². The number of benzene rings is 2. The maximum absolute atomic E-state index is 12.5.